The van der Waals surface area contributed by atoms with Gasteiger partial charge in [0.1, 0.15) is 0 Å². The van der Waals surface area contributed by atoms with Gasteiger partial charge in [-0.3, -0.25) is 4.90 Å². The van der Waals surface area contributed by atoms with E-state index in [1.54, 1.807) is 0 Å². The fourth-order valence-corrected chi connectivity index (χ4v) is 1.27. The van der Waals surface area contributed by atoms with E-state index < -0.39 is 0 Å². The lowest BCUT2D eigenvalue weighted by Gasteiger charge is -2.39. The van der Waals surface area contributed by atoms with Gasteiger partial charge in [0.15, 0.2) is 0 Å². The molecular weight excluding hydrogens is 178 g/mol. The molecule has 74 valence electrons. The van der Waals surface area contributed by atoms with E-state index in [4.69, 9.17) is 9.84 Å². The van der Waals surface area contributed by atoms with Gasteiger partial charge in [0.25, 0.3) is 0 Å². The van der Waals surface area contributed by atoms with Crippen LogP contribution in [0.4, 0.5) is 0 Å². The fourth-order valence-electron chi connectivity index (χ4n) is 1.27. The van der Waals surface area contributed by atoms with Gasteiger partial charge < -0.3 is 9.84 Å². The van der Waals surface area contributed by atoms with Gasteiger partial charge in [-0.25, -0.2) is 0 Å². The summed E-state index contributed by atoms with van der Waals surface area (Å²) in [6, 6.07) is 0. The second-order valence-electron chi connectivity index (χ2n) is 3.57. The lowest BCUT2D eigenvalue weighted by atomic mass is 10.0. The van der Waals surface area contributed by atoms with Crippen LogP contribution in [0.25, 0.3) is 0 Å². The largest absolute Gasteiger partial charge is 0.394 e. The van der Waals surface area contributed by atoms with E-state index in [2.05, 4.69) is 18.7 Å². The van der Waals surface area contributed by atoms with Crippen LogP contribution in [0.1, 0.15) is 13.8 Å². The number of hydrogen-bond donors (Lipinski definition) is 1. The maximum Gasteiger partial charge on any atom is 0.0610 e. The Morgan fingerprint density at radius 3 is 2.25 bits per heavy atom. The van der Waals surface area contributed by atoms with E-state index in [9.17, 15) is 0 Å². The molecule has 1 aliphatic rings. The molecule has 0 aromatic carbocycles. The quantitative estimate of drug-likeness (QED) is 0.697. The third-order valence-electron chi connectivity index (χ3n) is 2.25. The molecule has 1 N–H and O–H groups in total. The van der Waals surface area contributed by atoms with Crippen LogP contribution in [0.3, 0.4) is 0 Å². The van der Waals surface area contributed by atoms with Gasteiger partial charge >= 0.3 is 0 Å². The van der Waals surface area contributed by atoms with Crippen molar-refractivity contribution in [3.8, 4) is 0 Å². The average molecular weight is 196 g/mol. The minimum absolute atomic E-state index is 0. The molecule has 0 aromatic heterocycles. The molecule has 0 radical (unpaired) electrons. The van der Waals surface area contributed by atoms with Crippen LogP contribution < -0.4 is 0 Å². The summed E-state index contributed by atoms with van der Waals surface area (Å²) in [5.74, 6) is 0. The first-order valence-corrected chi connectivity index (χ1v) is 4.10. The van der Waals surface area contributed by atoms with E-state index in [1.807, 2.05) is 0 Å². The normalized spacial score (nSPS) is 20.2. The van der Waals surface area contributed by atoms with Gasteiger partial charge in [-0.05, 0) is 13.8 Å². The van der Waals surface area contributed by atoms with E-state index >= 15 is 0 Å². The first-order valence-electron chi connectivity index (χ1n) is 4.10. The molecule has 12 heavy (non-hydrogen) atoms. The topological polar surface area (TPSA) is 32.7 Å². The molecule has 1 aliphatic heterocycles. The molecule has 3 nitrogen and oxygen atoms in total. The molecule has 0 saturated carbocycles. The Morgan fingerprint density at radius 2 is 1.83 bits per heavy atom. The lowest BCUT2D eigenvalue weighted by molar-refractivity contribution is -0.0289. The monoisotopic (exact) mass is 195 g/mol. The van der Waals surface area contributed by atoms with Crippen molar-refractivity contribution in [2.45, 2.75) is 19.4 Å². The molecule has 4 heteroatoms. The van der Waals surface area contributed by atoms with Crippen molar-refractivity contribution in [3.63, 3.8) is 0 Å². The van der Waals surface area contributed by atoms with Crippen LogP contribution >= 0.6 is 12.4 Å². The number of ether oxygens (including phenoxy) is 1. The number of hydrogen-bond acceptors (Lipinski definition) is 3. The van der Waals surface area contributed by atoms with Crippen LogP contribution in [0.15, 0.2) is 0 Å². The van der Waals surface area contributed by atoms with Gasteiger partial charge in [0.05, 0.1) is 19.8 Å². The Bertz CT molecular complexity index is 124. The fraction of sp³-hybridized carbons (Fsp3) is 1.00. The Balaban J connectivity index is 0.00000121. The van der Waals surface area contributed by atoms with Crippen LogP contribution in [-0.2, 0) is 4.74 Å². The van der Waals surface area contributed by atoms with Crippen LogP contribution in [0.5, 0.6) is 0 Å². The number of nitrogens with zero attached hydrogens (tertiary/aromatic N) is 1. The highest BCUT2D eigenvalue weighted by Gasteiger charge is 2.26. The summed E-state index contributed by atoms with van der Waals surface area (Å²) >= 11 is 0. The average Bonchev–Trinajstić information content (AvgIpc) is 2.06. The van der Waals surface area contributed by atoms with Crippen molar-refractivity contribution in [2.75, 3.05) is 32.9 Å². The molecule has 0 aromatic rings. The molecule has 1 fully saturated rings. The van der Waals surface area contributed by atoms with Crippen LogP contribution in [0.2, 0.25) is 0 Å². The van der Waals surface area contributed by atoms with E-state index in [0.29, 0.717) is 0 Å². The number of aliphatic hydroxyl groups is 1. The van der Waals surface area contributed by atoms with Crippen molar-refractivity contribution in [2.24, 2.45) is 0 Å². The van der Waals surface area contributed by atoms with Crippen molar-refractivity contribution in [3.05, 3.63) is 0 Å². The van der Waals surface area contributed by atoms with Crippen LogP contribution in [0, 0.1) is 0 Å². The summed E-state index contributed by atoms with van der Waals surface area (Å²) in [4.78, 5) is 2.26. The molecule has 0 unspecified atom stereocenters. The summed E-state index contributed by atoms with van der Waals surface area (Å²) < 4.78 is 5.22. The Labute approximate surface area is 80.1 Å². The predicted octanol–water partition coefficient (Wildman–Crippen LogP) is 0.511. The third kappa shape index (κ3) is 2.90. The Morgan fingerprint density at radius 1 is 1.33 bits per heavy atom. The van der Waals surface area contributed by atoms with Gasteiger partial charge in [0, 0.05) is 18.6 Å². The molecule has 0 bridgehead atoms. The van der Waals surface area contributed by atoms with Gasteiger partial charge in [-0.2, -0.15) is 0 Å². The van der Waals surface area contributed by atoms with Crippen molar-refractivity contribution < 1.29 is 9.84 Å². The summed E-state index contributed by atoms with van der Waals surface area (Å²) in [5.41, 5.74) is -0.0796. The number of aliphatic hydroxyl groups excluding tert-OH is 1. The highest BCUT2D eigenvalue weighted by Crippen LogP contribution is 2.14. The SMILES string of the molecule is CC(C)(CO)N1CCOCC1.Cl. The highest BCUT2D eigenvalue weighted by molar-refractivity contribution is 5.85. The number of rotatable bonds is 2. The maximum atomic E-state index is 9.06. The summed E-state index contributed by atoms with van der Waals surface area (Å²) in [5, 5.41) is 9.06. The molecule has 0 spiro atoms. The molecule has 0 amide bonds. The molecular formula is C8H18ClNO2. The number of halogens is 1. The van der Waals surface area contributed by atoms with Crippen LogP contribution in [-0.4, -0.2) is 48.5 Å². The molecule has 1 saturated heterocycles. The molecule has 0 atom stereocenters. The molecule has 1 rings (SSSR count). The van der Waals surface area contributed by atoms with Crippen molar-refractivity contribution in [1.29, 1.82) is 0 Å². The zero-order valence-corrected chi connectivity index (χ0v) is 8.56. The molecule has 1 heterocycles. The van der Waals surface area contributed by atoms with Crippen molar-refractivity contribution >= 4 is 12.4 Å². The smallest absolute Gasteiger partial charge is 0.0610 e. The third-order valence-corrected chi connectivity index (χ3v) is 2.25. The van der Waals surface area contributed by atoms with E-state index in [0.717, 1.165) is 26.3 Å². The minimum Gasteiger partial charge on any atom is -0.394 e. The zero-order chi connectivity index (χ0) is 8.32. The molecule has 0 aliphatic carbocycles. The van der Waals surface area contributed by atoms with Gasteiger partial charge in [-0.15, -0.1) is 12.4 Å². The first-order chi connectivity index (χ1) is 5.17. The standard InChI is InChI=1S/C8H17NO2.ClH/c1-8(2,7-10)9-3-5-11-6-4-9;/h10H,3-7H2,1-2H3;1H. The predicted molar refractivity (Wildman–Crippen MR) is 50.8 cm³/mol. The minimum atomic E-state index is -0.0796. The van der Waals surface area contributed by atoms with Gasteiger partial charge in [-0.1, -0.05) is 0 Å². The van der Waals surface area contributed by atoms with E-state index in [-0.39, 0.29) is 24.6 Å². The summed E-state index contributed by atoms with van der Waals surface area (Å²) in [6.07, 6.45) is 0. The maximum absolute atomic E-state index is 9.06. The van der Waals surface area contributed by atoms with Gasteiger partial charge in [0.2, 0.25) is 0 Å². The summed E-state index contributed by atoms with van der Waals surface area (Å²) in [6.45, 7) is 7.79. The second-order valence-corrected chi connectivity index (χ2v) is 3.57. The highest BCUT2D eigenvalue weighted by atomic mass is 35.5. The number of morpholine rings is 1. The van der Waals surface area contributed by atoms with E-state index in [1.165, 1.54) is 0 Å². The second kappa shape index (κ2) is 5.02. The Hall–Kier alpha value is 0.170. The Kier molecular flexibility index (Phi) is 5.09. The van der Waals surface area contributed by atoms with Crippen molar-refractivity contribution in [1.82, 2.24) is 4.90 Å². The lowest BCUT2D eigenvalue weighted by Crippen LogP contribution is -2.51. The first kappa shape index (κ1) is 12.2. The zero-order valence-electron chi connectivity index (χ0n) is 7.75. The summed E-state index contributed by atoms with van der Waals surface area (Å²) in [7, 11) is 0.